The smallest absolute Gasteiger partial charge is 0.222 e. The minimum Gasteiger partial charge on any atom is -0.401 e. The predicted octanol–water partition coefficient (Wildman–Crippen LogP) is 1.72. The molecule has 1 aromatic rings. The molecule has 0 fully saturated rings. The number of aliphatic hydroxyl groups is 1. The molecule has 0 aliphatic heterocycles. The Labute approximate surface area is 75.4 Å². The standard InChI is InChI=1S/C8H10O3S/c9-6-5-7-1-3-8(4-2-7)11-12-10/h1-4,9-10H,5-6H2. The third kappa shape index (κ3) is 2.73. The molecule has 0 aromatic heterocycles. The van der Waals surface area contributed by atoms with Gasteiger partial charge in [-0.3, -0.25) is 4.55 Å². The Bertz CT molecular complexity index is 197. The monoisotopic (exact) mass is 186 g/mol. The van der Waals surface area contributed by atoms with Gasteiger partial charge in [-0.25, -0.2) is 0 Å². The van der Waals surface area contributed by atoms with E-state index < -0.39 is 0 Å². The fourth-order valence-electron chi connectivity index (χ4n) is 0.884. The first-order valence-electron chi connectivity index (χ1n) is 3.54. The summed E-state index contributed by atoms with van der Waals surface area (Å²) in [4.78, 5) is 0. The van der Waals surface area contributed by atoms with Crippen molar-refractivity contribution in [3.05, 3.63) is 29.8 Å². The fraction of sp³-hybridized carbons (Fsp3) is 0.250. The van der Waals surface area contributed by atoms with E-state index in [0.29, 0.717) is 24.5 Å². The van der Waals surface area contributed by atoms with Crippen LogP contribution in [0.4, 0.5) is 0 Å². The van der Waals surface area contributed by atoms with Crippen LogP contribution in [-0.2, 0) is 6.42 Å². The summed E-state index contributed by atoms with van der Waals surface area (Å²) >= 11 is 0.325. The third-order valence-corrected chi connectivity index (χ3v) is 1.72. The van der Waals surface area contributed by atoms with E-state index in [1.54, 1.807) is 12.1 Å². The summed E-state index contributed by atoms with van der Waals surface area (Å²) in [6, 6.07) is 7.19. The first kappa shape index (κ1) is 9.38. The number of rotatable bonds is 4. The molecule has 0 saturated carbocycles. The van der Waals surface area contributed by atoms with Crippen molar-refractivity contribution in [2.24, 2.45) is 0 Å². The second kappa shape index (κ2) is 5.03. The number of benzene rings is 1. The summed E-state index contributed by atoms with van der Waals surface area (Å²) in [5.74, 6) is 0.601. The molecule has 0 heterocycles. The first-order chi connectivity index (χ1) is 5.86. The average Bonchev–Trinajstić information content (AvgIpc) is 2.09. The molecular weight excluding hydrogens is 176 g/mol. The molecule has 1 aromatic carbocycles. The van der Waals surface area contributed by atoms with Crippen molar-refractivity contribution in [3.63, 3.8) is 0 Å². The largest absolute Gasteiger partial charge is 0.401 e. The van der Waals surface area contributed by atoms with Crippen LogP contribution in [0.1, 0.15) is 5.56 Å². The van der Waals surface area contributed by atoms with Crippen molar-refractivity contribution in [1.82, 2.24) is 0 Å². The highest BCUT2D eigenvalue weighted by Gasteiger charge is 1.94. The molecule has 0 radical (unpaired) electrons. The van der Waals surface area contributed by atoms with Crippen molar-refractivity contribution in [3.8, 4) is 5.75 Å². The molecule has 0 aliphatic rings. The average molecular weight is 186 g/mol. The van der Waals surface area contributed by atoms with Crippen LogP contribution in [0.25, 0.3) is 0 Å². The highest BCUT2D eigenvalue weighted by molar-refractivity contribution is 7.89. The van der Waals surface area contributed by atoms with Gasteiger partial charge in [0, 0.05) is 6.61 Å². The summed E-state index contributed by atoms with van der Waals surface area (Å²) in [6.07, 6.45) is 0.645. The minimum atomic E-state index is 0.148. The highest BCUT2D eigenvalue weighted by Crippen LogP contribution is 2.15. The van der Waals surface area contributed by atoms with E-state index in [0.717, 1.165) is 5.56 Å². The maximum Gasteiger partial charge on any atom is 0.222 e. The highest BCUT2D eigenvalue weighted by atomic mass is 32.2. The van der Waals surface area contributed by atoms with Crippen molar-refractivity contribution in [2.75, 3.05) is 6.61 Å². The Hall–Kier alpha value is -0.710. The van der Waals surface area contributed by atoms with Crippen LogP contribution in [0.15, 0.2) is 24.3 Å². The normalized spacial score (nSPS) is 9.83. The number of aliphatic hydroxyl groups excluding tert-OH is 1. The molecule has 12 heavy (non-hydrogen) atoms. The van der Waals surface area contributed by atoms with E-state index in [-0.39, 0.29) is 6.61 Å². The Morgan fingerprint density at radius 2 is 1.92 bits per heavy atom. The van der Waals surface area contributed by atoms with Gasteiger partial charge in [-0.2, -0.15) is 0 Å². The van der Waals surface area contributed by atoms with Gasteiger partial charge in [0.2, 0.25) is 12.3 Å². The molecule has 0 aliphatic carbocycles. The van der Waals surface area contributed by atoms with Gasteiger partial charge >= 0.3 is 0 Å². The van der Waals surface area contributed by atoms with Gasteiger partial charge < -0.3 is 9.29 Å². The quantitative estimate of drug-likeness (QED) is 0.703. The molecule has 0 amide bonds. The van der Waals surface area contributed by atoms with Crippen LogP contribution >= 0.6 is 12.3 Å². The molecule has 0 saturated heterocycles. The van der Waals surface area contributed by atoms with Gasteiger partial charge in [-0.15, -0.1) is 0 Å². The second-order valence-electron chi connectivity index (χ2n) is 2.28. The topological polar surface area (TPSA) is 49.7 Å². The lowest BCUT2D eigenvalue weighted by Gasteiger charge is -2.00. The van der Waals surface area contributed by atoms with Gasteiger partial charge in [-0.05, 0) is 24.1 Å². The maximum atomic E-state index is 8.62. The zero-order valence-electron chi connectivity index (χ0n) is 6.43. The van der Waals surface area contributed by atoms with Crippen LogP contribution in [0, 0.1) is 0 Å². The van der Waals surface area contributed by atoms with Gasteiger partial charge in [0.1, 0.15) is 5.75 Å². The van der Waals surface area contributed by atoms with Crippen LogP contribution in [0.2, 0.25) is 0 Å². The summed E-state index contributed by atoms with van der Waals surface area (Å²) in [5.41, 5.74) is 1.05. The van der Waals surface area contributed by atoms with Crippen molar-refractivity contribution < 1.29 is 13.8 Å². The van der Waals surface area contributed by atoms with Crippen molar-refractivity contribution in [2.45, 2.75) is 6.42 Å². The third-order valence-electron chi connectivity index (χ3n) is 1.46. The van der Waals surface area contributed by atoms with Crippen LogP contribution in [-0.4, -0.2) is 16.3 Å². The van der Waals surface area contributed by atoms with Crippen molar-refractivity contribution in [1.29, 1.82) is 0 Å². The molecule has 2 N–H and O–H groups in total. The van der Waals surface area contributed by atoms with E-state index in [1.807, 2.05) is 12.1 Å². The van der Waals surface area contributed by atoms with Crippen LogP contribution in [0.3, 0.4) is 0 Å². The number of hydrogen-bond donors (Lipinski definition) is 2. The predicted molar refractivity (Wildman–Crippen MR) is 48.1 cm³/mol. The van der Waals surface area contributed by atoms with Gasteiger partial charge in [0.25, 0.3) is 0 Å². The maximum absolute atomic E-state index is 8.62. The lowest BCUT2D eigenvalue weighted by atomic mass is 10.2. The molecule has 66 valence electrons. The van der Waals surface area contributed by atoms with Gasteiger partial charge in [0.05, 0.1) is 0 Å². The molecule has 0 spiro atoms. The van der Waals surface area contributed by atoms with E-state index in [2.05, 4.69) is 0 Å². The fourth-order valence-corrected chi connectivity index (χ4v) is 1.08. The molecule has 3 nitrogen and oxygen atoms in total. The summed E-state index contributed by atoms with van der Waals surface area (Å²) < 4.78 is 13.1. The zero-order chi connectivity index (χ0) is 8.81. The molecule has 0 unspecified atom stereocenters. The van der Waals surface area contributed by atoms with Gasteiger partial charge in [-0.1, -0.05) is 12.1 Å². The first-order valence-corrected chi connectivity index (χ1v) is 4.24. The minimum absolute atomic E-state index is 0.148. The summed E-state index contributed by atoms with van der Waals surface area (Å²) in [6.45, 7) is 0.148. The van der Waals surface area contributed by atoms with Crippen LogP contribution in [0.5, 0.6) is 5.75 Å². The van der Waals surface area contributed by atoms with Gasteiger partial charge in [0.15, 0.2) is 0 Å². The molecule has 0 atom stereocenters. The summed E-state index contributed by atoms with van der Waals surface area (Å²) in [5, 5.41) is 8.62. The summed E-state index contributed by atoms with van der Waals surface area (Å²) in [7, 11) is 0. The lowest BCUT2D eigenvalue weighted by molar-refractivity contribution is 0.299. The number of hydrogen-bond acceptors (Lipinski definition) is 4. The lowest BCUT2D eigenvalue weighted by Crippen LogP contribution is -1.89. The van der Waals surface area contributed by atoms with E-state index >= 15 is 0 Å². The van der Waals surface area contributed by atoms with E-state index in [9.17, 15) is 0 Å². The Morgan fingerprint density at radius 3 is 2.42 bits per heavy atom. The Balaban J connectivity index is 2.58. The SMILES string of the molecule is OCCc1ccc(OSO)cc1. The van der Waals surface area contributed by atoms with E-state index in [4.69, 9.17) is 13.8 Å². The molecule has 4 heteroatoms. The second-order valence-corrected chi connectivity index (χ2v) is 2.59. The van der Waals surface area contributed by atoms with E-state index in [1.165, 1.54) is 0 Å². The zero-order valence-corrected chi connectivity index (χ0v) is 7.25. The van der Waals surface area contributed by atoms with Crippen molar-refractivity contribution >= 4 is 12.3 Å². The molecular formula is C8H10O3S. The Kier molecular flexibility index (Phi) is 3.93. The molecule has 1 rings (SSSR count). The molecule has 0 bridgehead atoms. The Morgan fingerprint density at radius 1 is 1.25 bits per heavy atom. The van der Waals surface area contributed by atoms with Crippen LogP contribution < -0.4 is 4.18 Å².